The van der Waals surface area contributed by atoms with Crippen molar-refractivity contribution in [1.82, 2.24) is 0 Å². The Kier molecular flexibility index (Phi) is 3.86. The summed E-state index contributed by atoms with van der Waals surface area (Å²) in [5.74, 6) is 0. The quantitative estimate of drug-likeness (QED) is 0.889. The molecule has 0 atom stereocenters. The molecular weight excluding hydrogens is 300 g/mol. The monoisotopic (exact) mass is 322 g/mol. The van der Waals surface area contributed by atoms with Gasteiger partial charge in [-0.15, -0.1) is 0 Å². The lowest BCUT2D eigenvalue weighted by molar-refractivity contribution is 0.226. The molecule has 104 valence electrons. The van der Waals surface area contributed by atoms with Gasteiger partial charge in [0.1, 0.15) is 0 Å². The van der Waals surface area contributed by atoms with E-state index in [1.807, 2.05) is 0 Å². The first-order valence-electron chi connectivity index (χ1n) is 7.46. The maximum Gasteiger partial charge on any atom is 0.0510 e. The molecule has 1 saturated heterocycles. The highest BCUT2D eigenvalue weighted by atomic mass is 79.9. The highest BCUT2D eigenvalue weighted by Crippen LogP contribution is 2.47. The normalized spacial score (nSPS) is 22.1. The molecule has 2 fully saturated rings. The minimum absolute atomic E-state index is 0.613. The van der Waals surface area contributed by atoms with Crippen molar-refractivity contribution in [2.24, 2.45) is 11.1 Å². The predicted molar refractivity (Wildman–Crippen MR) is 84.4 cm³/mol. The molecule has 19 heavy (non-hydrogen) atoms. The van der Waals surface area contributed by atoms with E-state index in [4.69, 9.17) is 5.73 Å². The first kappa shape index (κ1) is 13.4. The molecule has 1 aromatic rings. The van der Waals surface area contributed by atoms with Gasteiger partial charge in [-0.25, -0.2) is 0 Å². The summed E-state index contributed by atoms with van der Waals surface area (Å²) in [5.41, 5.74) is 8.92. The molecule has 2 N–H and O–H groups in total. The standard InChI is InChI=1S/C16H23BrN2/c17-14-11-13(12-18)3-4-15(14)19-9-7-16(8-10-19)5-1-2-6-16/h3-4,11H,1-2,5-10,12,18H2. The lowest BCUT2D eigenvalue weighted by Gasteiger charge is -2.40. The second-order valence-corrected chi connectivity index (χ2v) is 7.04. The number of piperidine rings is 1. The molecule has 2 nitrogen and oxygen atoms in total. The highest BCUT2D eigenvalue weighted by Gasteiger charge is 2.37. The van der Waals surface area contributed by atoms with Gasteiger partial charge in [0.05, 0.1) is 5.69 Å². The highest BCUT2D eigenvalue weighted by molar-refractivity contribution is 9.10. The van der Waals surface area contributed by atoms with Gasteiger partial charge in [0.25, 0.3) is 0 Å². The average molecular weight is 323 g/mol. The van der Waals surface area contributed by atoms with Gasteiger partial charge in [0.2, 0.25) is 0 Å². The van der Waals surface area contributed by atoms with Gasteiger partial charge in [-0.05, 0) is 64.7 Å². The molecule has 0 unspecified atom stereocenters. The SMILES string of the molecule is NCc1ccc(N2CCC3(CCCC3)CC2)c(Br)c1. The number of hydrogen-bond acceptors (Lipinski definition) is 2. The zero-order chi connectivity index (χ0) is 13.3. The van der Waals surface area contributed by atoms with E-state index in [1.54, 1.807) is 0 Å². The molecule has 1 aromatic carbocycles. The molecule has 0 aromatic heterocycles. The number of nitrogens with two attached hydrogens (primary N) is 1. The Morgan fingerprint density at radius 1 is 1.11 bits per heavy atom. The summed E-state index contributed by atoms with van der Waals surface area (Å²) < 4.78 is 1.19. The Hall–Kier alpha value is -0.540. The number of hydrogen-bond donors (Lipinski definition) is 1. The van der Waals surface area contributed by atoms with Gasteiger partial charge in [0.15, 0.2) is 0 Å². The van der Waals surface area contributed by atoms with E-state index in [-0.39, 0.29) is 0 Å². The first-order valence-corrected chi connectivity index (χ1v) is 8.25. The minimum atomic E-state index is 0.613. The van der Waals surface area contributed by atoms with E-state index < -0.39 is 0 Å². The molecule has 0 radical (unpaired) electrons. The Balaban J connectivity index is 1.71. The Morgan fingerprint density at radius 3 is 2.37 bits per heavy atom. The van der Waals surface area contributed by atoms with Crippen molar-refractivity contribution in [3.8, 4) is 0 Å². The fourth-order valence-electron chi connectivity index (χ4n) is 3.78. The van der Waals surface area contributed by atoms with Crippen LogP contribution in [0.25, 0.3) is 0 Å². The maximum atomic E-state index is 5.69. The third-order valence-corrected chi connectivity index (χ3v) is 5.71. The van der Waals surface area contributed by atoms with Crippen LogP contribution >= 0.6 is 15.9 Å². The van der Waals surface area contributed by atoms with Crippen LogP contribution in [0.15, 0.2) is 22.7 Å². The lowest BCUT2D eigenvalue weighted by Crippen LogP contribution is -2.39. The molecule has 0 amide bonds. The van der Waals surface area contributed by atoms with Crippen LogP contribution in [0, 0.1) is 5.41 Å². The average Bonchev–Trinajstić information content (AvgIpc) is 2.88. The van der Waals surface area contributed by atoms with Crippen molar-refractivity contribution >= 4 is 21.6 Å². The second kappa shape index (κ2) is 5.45. The Bertz CT molecular complexity index is 442. The number of halogens is 1. The first-order chi connectivity index (χ1) is 9.22. The van der Waals surface area contributed by atoms with Crippen molar-refractivity contribution in [3.63, 3.8) is 0 Å². The minimum Gasteiger partial charge on any atom is -0.371 e. The maximum absolute atomic E-state index is 5.69. The summed E-state index contributed by atoms with van der Waals surface area (Å²) in [6.07, 6.45) is 8.59. The fourth-order valence-corrected chi connectivity index (χ4v) is 4.46. The fraction of sp³-hybridized carbons (Fsp3) is 0.625. The molecule has 1 aliphatic carbocycles. The Labute approximate surface area is 124 Å². The van der Waals surface area contributed by atoms with Crippen LogP contribution in [0.5, 0.6) is 0 Å². The molecule has 3 heteroatoms. The third-order valence-electron chi connectivity index (χ3n) is 5.08. The van der Waals surface area contributed by atoms with Gasteiger partial charge in [0, 0.05) is 24.1 Å². The van der Waals surface area contributed by atoms with Gasteiger partial charge in [-0.1, -0.05) is 18.9 Å². The van der Waals surface area contributed by atoms with Crippen LogP contribution < -0.4 is 10.6 Å². The van der Waals surface area contributed by atoms with E-state index in [2.05, 4.69) is 39.0 Å². The summed E-state index contributed by atoms with van der Waals surface area (Å²) in [4.78, 5) is 2.54. The molecule has 1 spiro atoms. The van der Waals surface area contributed by atoms with Crippen molar-refractivity contribution < 1.29 is 0 Å². The van der Waals surface area contributed by atoms with E-state index in [1.165, 1.54) is 67.3 Å². The van der Waals surface area contributed by atoms with Gasteiger partial charge < -0.3 is 10.6 Å². The molecule has 0 bridgehead atoms. The van der Waals surface area contributed by atoms with Gasteiger partial charge in [-0.3, -0.25) is 0 Å². The van der Waals surface area contributed by atoms with E-state index >= 15 is 0 Å². The van der Waals surface area contributed by atoms with Crippen LogP contribution in [0.2, 0.25) is 0 Å². The summed E-state index contributed by atoms with van der Waals surface area (Å²) in [6.45, 7) is 3.03. The number of benzene rings is 1. The Morgan fingerprint density at radius 2 is 1.79 bits per heavy atom. The molecule has 1 heterocycles. The predicted octanol–water partition coefficient (Wildman–Crippen LogP) is 4.07. The van der Waals surface area contributed by atoms with Crippen LogP contribution in [-0.4, -0.2) is 13.1 Å². The second-order valence-electron chi connectivity index (χ2n) is 6.18. The van der Waals surface area contributed by atoms with Crippen molar-refractivity contribution in [1.29, 1.82) is 0 Å². The number of anilines is 1. The largest absolute Gasteiger partial charge is 0.371 e. The summed E-state index contributed by atoms with van der Waals surface area (Å²) in [6, 6.07) is 6.54. The smallest absolute Gasteiger partial charge is 0.0510 e. The van der Waals surface area contributed by atoms with Crippen LogP contribution in [0.4, 0.5) is 5.69 Å². The molecule has 3 rings (SSSR count). The van der Waals surface area contributed by atoms with Crippen molar-refractivity contribution in [2.75, 3.05) is 18.0 Å². The molecule has 1 aliphatic heterocycles. The van der Waals surface area contributed by atoms with Crippen LogP contribution in [-0.2, 0) is 6.54 Å². The topological polar surface area (TPSA) is 29.3 Å². The summed E-state index contributed by atoms with van der Waals surface area (Å²) in [5, 5.41) is 0. The van der Waals surface area contributed by atoms with Crippen LogP contribution in [0.1, 0.15) is 44.1 Å². The number of nitrogens with zero attached hydrogens (tertiary/aromatic N) is 1. The lowest BCUT2D eigenvalue weighted by atomic mass is 9.77. The zero-order valence-electron chi connectivity index (χ0n) is 11.5. The van der Waals surface area contributed by atoms with E-state index in [0.717, 1.165) is 0 Å². The summed E-state index contributed by atoms with van der Waals surface area (Å²) in [7, 11) is 0. The van der Waals surface area contributed by atoms with Crippen molar-refractivity contribution in [2.45, 2.75) is 45.1 Å². The van der Waals surface area contributed by atoms with Crippen LogP contribution in [0.3, 0.4) is 0 Å². The molecule has 2 aliphatic rings. The van der Waals surface area contributed by atoms with Crippen molar-refractivity contribution in [3.05, 3.63) is 28.2 Å². The molecule has 1 saturated carbocycles. The number of rotatable bonds is 2. The summed E-state index contributed by atoms with van der Waals surface area (Å²) >= 11 is 3.70. The molecular formula is C16H23BrN2. The van der Waals surface area contributed by atoms with E-state index in [0.29, 0.717) is 12.0 Å². The van der Waals surface area contributed by atoms with Gasteiger partial charge in [-0.2, -0.15) is 0 Å². The third kappa shape index (κ3) is 2.68. The zero-order valence-corrected chi connectivity index (χ0v) is 13.1. The van der Waals surface area contributed by atoms with E-state index in [9.17, 15) is 0 Å². The van der Waals surface area contributed by atoms with Gasteiger partial charge >= 0.3 is 0 Å².